The van der Waals surface area contributed by atoms with E-state index in [9.17, 15) is 9.18 Å². The van der Waals surface area contributed by atoms with Crippen molar-refractivity contribution < 1.29 is 13.9 Å². The molecule has 0 bridgehead atoms. The number of nitrogens with zero attached hydrogens (tertiary/aromatic N) is 1. The molecule has 0 saturated heterocycles. The summed E-state index contributed by atoms with van der Waals surface area (Å²) in [7, 11) is 4.03. The zero-order valence-electron chi connectivity index (χ0n) is 14.3. The SMILES string of the molecule is Cc1ccc2c(c1)C(=O)OC2(CCCN(C)C)c1ccc(F)cc1. The molecule has 0 radical (unpaired) electrons. The first-order valence-electron chi connectivity index (χ1n) is 8.17. The average molecular weight is 327 g/mol. The van der Waals surface area contributed by atoms with Crippen LogP contribution in [0.4, 0.5) is 4.39 Å². The van der Waals surface area contributed by atoms with Crippen LogP contribution in [0, 0.1) is 12.7 Å². The molecule has 0 saturated carbocycles. The molecule has 2 aromatic rings. The topological polar surface area (TPSA) is 29.5 Å². The number of benzene rings is 2. The standard InChI is InChI=1S/C20H22FNO2/c1-14-5-10-18-17(13-14)19(23)24-20(18,11-4-12-22(2)3)15-6-8-16(21)9-7-15/h5-10,13H,4,11-12H2,1-3H3. The average Bonchev–Trinajstić information content (AvgIpc) is 2.81. The van der Waals surface area contributed by atoms with E-state index in [1.807, 2.05) is 39.2 Å². The van der Waals surface area contributed by atoms with Crippen LogP contribution < -0.4 is 0 Å². The number of hydrogen-bond acceptors (Lipinski definition) is 3. The van der Waals surface area contributed by atoms with Gasteiger partial charge in [0.05, 0.1) is 5.56 Å². The number of rotatable bonds is 5. The number of ether oxygens (including phenoxy) is 1. The lowest BCUT2D eigenvalue weighted by Gasteiger charge is -2.30. The zero-order chi connectivity index (χ0) is 17.3. The van der Waals surface area contributed by atoms with Gasteiger partial charge in [-0.3, -0.25) is 0 Å². The quantitative estimate of drug-likeness (QED) is 0.780. The Morgan fingerprint density at radius 3 is 2.50 bits per heavy atom. The van der Waals surface area contributed by atoms with Crippen molar-refractivity contribution in [2.45, 2.75) is 25.4 Å². The molecule has 0 N–H and O–H groups in total. The zero-order valence-corrected chi connectivity index (χ0v) is 14.3. The number of cyclic esters (lactones) is 1. The molecule has 1 aliphatic heterocycles. The third-order valence-electron chi connectivity index (χ3n) is 4.54. The summed E-state index contributed by atoms with van der Waals surface area (Å²) in [4.78, 5) is 14.6. The van der Waals surface area contributed by atoms with Gasteiger partial charge in [0.15, 0.2) is 5.60 Å². The van der Waals surface area contributed by atoms with E-state index in [0.717, 1.165) is 29.7 Å². The van der Waals surface area contributed by atoms with Gasteiger partial charge in [-0.15, -0.1) is 0 Å². The van der Waals surface area contributed by atoms with Crippen molar-refractivity contribution in [1.82, 2.24) is 4.90 Å². The van der Waals surface area contributed by atoms with Crippen LogP contribution in [0.3, 0.4) is 0 Å². The van der Waals surface area contributed by atoms with E-state index >= 15 is 0 Å². The molecule has 0 amide bonds. The maximum Gasteiger partial charge on any atom is 0.339 e. The van der Waals surface area contributed by atoms with Gasteiger partial charge >= 0.3 is 5.97 Å². The fourth-order valence-corrected chi connectivity index (χ4v) is 3.36. The third kappa shape index (κ3) is 2.94. The molecule has 0 aromatic heterocycles. The van der Waals surface area contributed by atoms with Crippen molar-refractivity contribution in [2.24, 2.45) is 0 Å². The number of esters is 1. The highest BCUT2D eigenvalue weighted by Gasteiger charge is 2.46. The van der Waals surface area contributed by atoms with Crippen LogP contribution in [0.25, 0.3) is 0 Å². The summed E-state index contributed by atoms with van der Waals surface area (Å²) in [6.07, 6.45) is 1.53. The Morgan fingerprint density at radius 1 is 1.12 bits per heavy atom. The Morgan fingerprint density at radius 2 is 1.83 bits per heavy atom. The predicted octanol–water partition coefficient (Wildman–Crippen LogP) is 3.89. The fraction of sp³-hybridized carbons (Fsp3) is 0.350. The minimum Gasteiger partial charge on any atom is -0.446 e. The van der Waals surface area contributed by atoms with Crippen molar-refractivity contribution in [3.8, 4) is 0 Å². The van der Waals surface area contributed by atoms with Gasteiger partial charge in [-0.2, -0.15) is 0 Å². The van der Waals surface area contributed by atoms with Gasteiger partial charge < -0.3 is 9.64 Å². The van der Waals surface area contributed by atoms with Crippen molar-refractivity contribution in [2.75, 3.05) is 20.6 Å². The predicted molar refractivity (Wildman–Crippen MR) is 91.6 cm³/mol. The summed E-state index contributed by atoms with van der Waals surface area (Å²) in [6, 6.07) is 12.1. The first-order valence-corrected chi connectivity index (χ1v) is 8.17. The molecular weight excluding hydrogens is 305 g/mol. The lowest BCUT2D eigenvalue weighted by Crippen LogP contribution is -2.29. The van der Waals surface area contributed by atoms with Crippen LogP contribution in [-0.2, 0) is 10.3 Å². The first-order chi connectivity index (χ1) is 11.4. The van der Waals surface area contributed by atoms with Crippen LogP contribution in [0.5, 0.6) is 0 Å². The van der Waals surface area contributed by atoms with Crippen LogP contribution in [0.15, 0.2) is 42.5 Å². The highest BCUT2D eigenvalue weighted by atomic mass is 19.1. The number of aryl methyl sites for hydroxylation is 1. The summed E-state index contributed by atoms with van der Waals surface area (Å²) < 4.78 is 19.3. The van der Waals surface area contributed by atoms with E-state index in [1.165, 1.54) is 12.1 Å². The lowest BCUT2D eigenvalue weighted by molar-refractivity contribution is 0.00582. The van der Waals surface area contributed by atoms with E-state index in [2.05, 4.69) is 4.90 Å². The molecule has 0 aliphatic carbocycles. The van der Waals surface area contributed by atoms with Gasteiger partial charge in [0.2, 0.25) is 0 Å². The van der Waals surface area contributed by atoms with Crippen molar-refractivity contribution in [3.05, 3.63) is 70.5 Å². The highest BCUT2D eigenvalue weighted by molar-refractivity contribution is 5.95. The van der Waals surface area contributed by atoms with Gasteiger partial charge in [0.1, 0.15) is 5.82 Å². The smallest absolute Gasteiger partial charge is 0.339 e. The number of carbonyl (C=O) groups is 1. The Kier molecular flexibility index (Phi) is 4.41. The van der Waals surface area contributed by atoms with Crippen LogP contribution >= 0.6 is 0 Å². The van der Waals surface area contributed by atoms with Gasteiger partial charge in [-0.25, -0.2) is 9.18 Å². The number of hydrogen-bond donors (Lipinski definition) is 0. The monoisotopic (exact) mass is 327 g/mol. The normalized spacial score (nSPS) is 19.5. The molecular formula is C20H22FNO2. The first kappa shape index (κ1) is 16.7. The van der Waals surface area contributed by atoms with E-state index in [-0.39, 0.29) is 11.8 Å². The van der Waals surface area contributed by atoms with Gasteiger partial charge in [-0.05, 0) is 58.6 Å². The fourth-order valence-electron chi connectivity index (χ4n) is 3.36. The molecule has 0 fully saturated rings. The van der Waals surface area contributed by atoms with Crippen LogP contribution in [-0.4, -0.2) is 31.5 Å². The van der Waals surface area contributed by atoms with Gasteiger partial charge in [0.25, 0.3) is 0 Å². The molecule has 24 heavy (non-hydrogen) atoms. The maximum absolute atomic E-state index is 13.4. The Hall–Kier alpha value is -2.20. The molecule has 0 spiro atoms. The second-order valence-corrected chi connectivity index (χ2v) is 6.68. The van der Waals surface area contributed by atoms with E-state index in [1.54, 1.807) is 12.1 Å². The largest absolute Gasteiger partial charge is 0.446 e. The number of carbonyl (C=O) groups excluding carboxylic acids is 1. The third-order valence-corrected chi connectivity index (χ3v) is 4.54. The van der Waals surface area contributed by atoms with E-state index in [4.69, 9.17) is 4.74 Å². The van der Waals surface area contributed by atoms with Gasteiger partial charge in [-0.1, -0.05) is 29.8 Å². The molecule has 126 valence electrons. The summed E-state index contributed by atoms with van der Waals surface area (Å²) >= 11 is 0. The molecule has 4 heteroatoms. The highest BCUT2D eigenvalue weighted by Crippen LogP contribution is 2.45. The van der Waals surface area contributed by atoms with Gasteiger partial charge in [0, 0.05) is 11.1 Å². The maximum atomic E-state index is 13.4. The molecule has 2 aromatic carbocycles. The van der Waals surface area contributed by atoms with Crippen molar-refractivity contribution >= 4 is 5.97 Å². The number of halogens is 1. The molecule has 1 unspecified atom stereocenters. The van der Waals surface area contributed by atoms with Crippen molar-refractivity contribution in [1.29, 1.82) is 0 Å². The van der Waals surface area contributed by atoms with Crippen LogP contribution in [0.1, 0.15) is 39.9 Å². The number of fused-ring (bicyclic) bond motifs is 1. The second kappa shape index (κ2) is 6.36. The molecule has 1 heterocycles. The lowest BCUT2D eigenvalue weighted by atomic mass is 9.81. The summed E-state index contributed by atoms with van der Waals surface area (Å²) in [5.41, 5.74) is 2.50. The van der Waals surface area contributed by atoms with E-state index in [0.29, 0.717) is 12.0 Å². The van der Waals surface area contributed by atoms with E-state index < -0.39 is 5.60 Å². The summed E-state index contributed by atoms with van der Waals surface area (Å²) in [6.45, 7) is 2.85. The minimum absolute atomic E-state index is 0.296. The summed E-state index contributed by atoms with van der Waals surface area (Å²) in [5, 5.41) is 0. The Bertz CT molecular complexity index is 755. The molecule has 1 atom stereocenters. The second-order valence-electron chi connectivity index (χ2n) is 6.68. The molecule has 3 nitrogen and oxygen atoms in total. The molecule has 3 rings (SSSR count). The Balaban J connectivity index is 2.07. The van der Waals surface area contributed by atoms with Crippen LogP contribution in [0.2, 0.25) is 0 Å². The minimum atomic E-state index is -0.830. The summed E-state index contributed by atoms with van der Waals surface area (Å²) in [5.74, 6) is -0.599. The van der Waals surface area contributed by atoms with Crippen molar-refractivity contribution in [3.63, 3.8) is 0 Å². The molecule has 1 aliphatic rings. The Labute approximate surface area is 142 Å².